The van der Waals surface area contributed by atoms with Crippen LogP contribution in [0.3, 0.4) is 0 Å². The van der Waals surface area contributed by atoms with Gasteiger partial charge in [-0.05, 0) is 68.8 Å². The third-order valence-corrected chi connectivity index (χ3v) is 6.16. The fourth-order valence-corrected chi connectivity index (χ4v) is 4.45. The predicted octanol–water partition coefficient (Wildman–Crippen LogP) is 4.87. The number of piperidine rings is 1. The van der Waals surface area contributed by atoms with Crippen LogP contribution in [0, 0.1) is 12.7 Å². The molecule has 5 nitrogen and oxygen atoms in total. The fraction of sp³-hybridized carbons (Fsp3) is 0.391. The Labute approximate surface area is 181 Å². The second-order valence-electron chi connectivity index (χ2n) is 7.51. The lowest BCUT2D eigenvalue weighted by Crippen LogP contribution is -2.30. The van der Waals surface area contributed by atoms with E-state index in [0.717, 1.165) is 53.4 Å². The Bertz CT molecular complexity index is 954. The Morgan fingerprint density at radius 2 is 1.77 bits per heavy atom. The van der Waals surface area contributed by atoms with Gasteiger partial charge in [0.25, 0.3) is 0 Å². The highest BCUT2D eigenvalue weighted by molar-refractivity contribution is 7.99. The molecule has 2 heterocycles. The maximum absolute atomic E-state index is 13.5. The van der Waals surface area contributed by atoms with Crippen LogP contribution in [-0.2, 0) is 6.54 Å². The van der Waals surface area contributed by atoms with E-state index in [9.17, 15) is 4.39 Å². The molecular formula is C23H27FN4OS. The number of aryl methyl sites for hydroxylation is 1. The number of benzene rings is 2. The highest BCUT2D eigenvalue weighted by atomic mass is 32.2. The largest absolute Gasteiger partial charge is 0.492 e. The molecule has 0 saturated carbocycles. The summed E-state index contributed by atoms with van der Waals surface area (Å²) in [5.74, 6) is 2.30. The molecule has 0 amide bonds. The van der Waals surface area contributed by atoms with Gasteiger partial charge in [-0.25, -0.2) is 4.39 Å². The first-order chi connectivity index (χ1) is 14.7. The number of hydrogen-bond donors (Lipinski definition) is 0. The molecule has 0 spiro atoms. The highest BCUT2D eigenvalue weighted by Crippen LogP contribution is 2.24. The van der Waals surface area contributed by atoms with Gasteiger partial charge in [0.15, 0.2) is 11.0 Å². The van der Waals surface area contributed by atoms with E-state index in [0.29, 0.717) is 6.61 Å². The minimum atomic E-state index is -0.245. The van der Waals surface area contributed by atoms with Gasteiger partial charge in [0.1, 0.15) is 11.6 Å². The molecule has 30 heavy (non-hydrogen) atoms. The second-order valence-corrected chi connectivity index (χ2v) is 8.57. The molecule has 1 fully saturated rings. The summed E-state index contributed by atoms with van der Waals surface area (Å²) < 4.78 is 21.4. The molecule has 0 atom stereocenters. The number of thioether (sulfide) groups is 1. The molecule has 1 aliphatic rings. The summed E-state index contributed by atoms with van der Waals surface area (Å²) in [5.41, 5.74) is 2.01. The number of nitrogens with zero attached hydrogens (tertiary/aromatic N) is 4. The minimum absolute atomic E-state index is 0.245. The van der Waals surface area contributed by atoms with Crippen LogP contribution >= 0.6 is 11.8 Å². The monoisotopic (exact) mass is 426 g/mol. The van der Waals surface area contributed by atoms with Gasteiger partial charge in [-0.3, -0.25) is 9.47 Å². The van der Waals surface area contributed by atoms with Gasteiger partial charge >= 0.3 is 0 Å². The van der Waals surface area contributed by atoms with Gasteiger partial charge in [-0.1, -0.05) is 36.4 Å². The van der Waals surface area contributed by atoms with Gasteiger partial charge in [0.2, 0.25) is 0 Å². The van der Waals surface area contributed by atoms with Crippen LogP contribution in [-0.4, -0.2) is 45.1 Å². The maximum atomic E-state index is 13.5. The van der Waals surface area contributed by atoms with Crippen molar-refractivity contribution in [3.8, 4) is 11.4 Å². The molecular weight excluding hydrogens is 399 g/mol. The molecule has 3 aromatic rings. The van der Waals surface area contributed by atoms with Crippen LogP contribution in [0.1, 0.15) is 30.7 Å². The number of rotatable bonds is 8. The summed E-state index contributed by atoms with van der Waals surface area (Å²) in [6.07, 6.45) is 3.74. The number of ether oxygens (including phenoxy) is 1. The van der Waals surface area contributed by atoms with Crippen molar-refractivity contribution < 1.29 is 9.13 Å². The van der Waals surface area contributed by atoms with Crippen molar-refractivity contribution in [3.05, 3.63) is 65.7 Å². The van der Waals surface area contributed by atoms with Gasteiger partial charge in [-0.15, -0.1) is 10.2 Å². The number of halogens is 1. The molecule has 2 aromatic carbocycles. The third kappa shape index (κ3) is 5.21. The van der Waals surface area contributed by atoms with E-state index >= 15 is 0 Å². The molecule has 1 aromatic heterocycles. The number of para-hydroxylation sites is 1. The van der Waals surface area contributed by atoms with Crippen molar-refractivity contribution in [1.82, 2.24) is 19.7 Å². The Balaban J connectivity index is 1.47. The first kappa shape index (κ1) is 20.9. The van der Waals surface area contributed by atoms with Gasteiger partial charge in [0, 0.05) is 11.4 Å². The molecule has 158 valence electrons. The topological polar surface area (TPSA) is 43.2 Å². The van der Waals surface area contributed by atoms with Crippen molar-refractivity contribution in [2.24, 2.45) is 0 Å². The molecule has 0 bridgehead atoms. The highest BCUT2D eigenvalue weighted by Gasteiger charge is 2.19. The first-order valence-corrected chi connectivity index (χ1v) is 11.4. The molecule has 0 N–H and O–H groups in total. The lowest BCUT2D eigenvalue weighted by Gasteiger charge is -2.26. The Morgan fingerprint density at radius 3 is 2.53 bits per heavy atom. The fourth-order valence-electron chi connectivity index (χ4n) is 3.67. The molecule has 7 heteroatoms. The van der Waals surface area contributed by atoms with E-state index in [1.807, 2.05) is 35.8 Å². The smallest absolute Gasteiger partial charge is 0.195 e. The zero-order valence-electron chi connectivity index (χ0n) is 17.3. The van der Waals surface area contributed by atoms with E-state index in [1.165, 1.54) is 31.4 Å². The van der Waals surface area contributed by atoms with Gasteiger partial charge < -0.3 is 4.74 Å². The summed E-state index contributed by atoms with van der Waals surface area (Å²) in [4.78, 5) is 2.42. The lowest BCUT2D eigenvalue weighted by atomic mass is 10.1. The van der Waals surface area contributed by atoms with E-state index in [4.69, 9.17) is 4.74 Å². The summed E-state index contributed by atoms with van der Waals surface area (Å²) in [5, 5.41) is 9.73. The third-order valence-electron chi connectivity index (χ3n) is 5.26. The number of hydrogen-bond acceptors (Lipinski definition) is 5. The SMILES string of the molecule is Cc1ccccc1OCCSc1nnc(CN2CCCCC2)n1-c1ccc(F)cc1. The minimum Gasteiger partial charge on any atom is -0.492 e. The van der Waals surface area contributed by atoms with Crippen LogP contribution in [0.5, 0.6) is 5.75 Å². The van der Waals surface area contributed by atoms with Crippen LogP contribution in [0.25, 0.3) is 5.69 Å². The van der Waals surface area contributed by atoms with Crippen LogP contribution in [0.15, 0.2) is 53.7 Å². The van der Waals surface area contributed by atoms with Crippen molar-refractivity contribution >= 4 is 11.8 Å². The maximum Gasteiger partial charge on any atom is 0.195 e. The van der Waals surface area contributed by atoms with E-state index in [1.54, 1.807) is 23.9 Å². The van der Waals surface area contributed by atoms with E-state index in [2.05, 4.69) is 15.1 Å². The lowest BCUT2D eigenvalue weighted by molar-refractivity contribution is 0.214. The molecule has 1 aliphatic heterocycles. The van der Waals surface area contributed by atoms with Crippen molar-refractivity contribution in [1.29, 1.82) is 0 Å². The summed E-state index contributed by atoms with van der Waals surface area (Å²) in [7, 11) is 0. The summed E-state index contributed by atoms with van der Waals surface area (Å²) >= 11 is 1.61. The van der Waals surface area contributed by atoms with E-state index < -0.39 is 0 Å². The molecule has 4 rings (SSSR count). The number of aromatic nitrogens is 3. The molecule has 0 radical (unpaired) electrons. The normalized spacial score (nSPS) is 14.7. The Hall–Kier alpha value is -2.38. The van der Waals surface area contributed by atoms with Crippen LogP contribution < -0.4 is 4.74 Å². The number of likely N-dealkylation sites (tertiary alicyclic amines) is 1. The quantitative estimate of drug-likeness (QED) is 0.380. The molecule has 0 unspecified atom stereocenters. The van der Waals surface area contributed by atoms with E-state index in [-0.39, 0.29) is 5.82 Å². The zero-order chi connectivity index (χ0) is 20.8. The van der Waals surface area contributed by atoms with Crippen molar-refractivity contribution in [2.75, 3.05) is 25.4 Å². The van der Waals surface area contributed by atoms with Crippen molar-refractivity contribution in [2.45, 2.75) is 37.9 Å². The molecule has 1 saturated heterocycles. The van der Waals surface area contributed by atoms with Crippen LogP contribution in [0.4, 0.5) is 4.39 Å². The Kier molecular flexibility index (Phi) is 7.02. The first-order valence-electron chi connectivity index (χ1n) is 10.4. The standard InChI is InChI=1S/C23H27FN4OS/c1-18-7-3-4-8-21(18)29-15-16-30-23-26-25-22(17-27-13-5-2-6-14-27)28(23)20-11-9-19(24)10-12-20/h3-4,7-12H,2,5-6,13-17H2,1H3. The zero-order valence-corrected chi connectivity index (χ0v) is 18.1. The van der Waals surface area contributed by atoms with Crippen molar-refractivity contribution in [3.63, 3.8) is 0 Å². The van der Waals surface area contributed by atoms with Gasteiger partial charge in [0.05, 0.1) is 13.2 Å². The summed E-state index contributed by atoms with van der Waals surface area (Å²) in [6, 6.07) is 14.5. The molecule has 0 aliphatic carbocycles. The summed E-state index contributed by atoms with van der Waals surface area (Å²) in [6.45, 7) is 5.55. The average molecular weight is 427 g/mol. The predicted molar refractivity (Wildman–Crippen MR) is 118 cm³/mol. The second kappa shape index (κ2) is 10.1. The van der Waals surface area contributed by atoms with Gasteiger partial charge in [-0.2, -0.15) is 0 Å². The Morgan fingerprint density at radius 1 is 1.00 bits per heavy atom. The van der Waals surface area contributed by atoms with Crippen LogP contribution in [0.2, 0.25) is 0 Å². The average Bonchev–Trinajstić information content (AvgIpc) is 3.16.